The van der Waals surface area contributed by atoms with Crippen LogP contribution >= 0.6 is 0 Å². The fraction of sp³-hybridized carbons (Fsp3) is 0.267. The molecular formula is C15H16F2N2. The van der Waals surface area contributed by atoms with Gasteiger partial charge in [-0.25, -0.2) is 8.78 Å². The molecule has 4 heteroatoms. The van der Waals surface area contributed by atoms with Crippen LogP contribution in [-0.2, 0) is 5.54 Å². The molecule has 0 saturated heterocycles. The Kier molecular flexibility index (Phi) is 3.62. The highest BCUT2D eigenvalue weighted by atomic mass is 19.1. The van der Waals surface area contributed by atoms with Gasteiger partial charge in [-0.05, 0) is 31.5 Å². The number of halogens is 2. The Hall–Kier alpha value is -1.81. The molecule has 0 bridgehead atoms. The third-order valence-corrected chi connectivity index (χ3v) is 3.34. The Bertz CT molecular complexity index is 581. The van der Waals surface area contributed by atoms with Crippen molar-refractivity contribution in [2.24, 2.45) is 5.73 Å². The molecule has 100 valence electrons. The fourth-order valence-corrected chi connectivity index (χ4v) is 2.13. The van der Waals surface area contributed by atoms with E-state index in [9.17, 15) is 8.78 Å². The summed E-state index contributed by atoms with van der Waals surface area (Å²) in [6, 6.07) is 7.58. The summed E-state index contributed by atoms with van der Waals surface area (Å²) in [6.07, 6.45) is 1.56. The van der Waals surface area contributed by atoms with Crippen LogP contribution in [0, 0.1) is 18.6 Å². The van der Waals surface area contributed by atoms with Gasteiger partial charge in [0.2, 0.25) is 0 Å². The van der Waals surface area contributed by atoms with Crippen molar-refractivity contribution in [3.8, 4) is 0 Å². The minimum absolute atomic E-state index is 0.374. The molecule has 1 aromatic heterocycles. The van der Waals surface area contributed by atoms with Gasteiger partial charge in [-0.3, -0.25) is 4.98 Å². The van der Waals surface area contributed by atoms with E-state index in [1.807, 2.05) is 13.8 Å². The zero-order valence-electron chi connectivity index (χ0n) is 11.0. The Morgan fingerprint density at radius 2 is 1.95 bits per heavy atom. The molecule has 0 aliphatic carbocycles. The molecule has 0 spiro atoms. The lowest BCUT2D eigenvalue weighted by Crippen LogP contribution is -2.39. The normalized spacial score (nSPS) is 14.2. The van der Waals surface area contributed by atoms with E-state index >= 15 is 0 Å². The van der Waals surface area contributed by atoms with Crippen molar-refractivity contribution in [2.75, 3.05) is 0 Å². The lowest BCUT2D eigenvalue weighted by Gasteiger charge is -2.29. The van der Waals surface area contributed by atoms with Gasteiger partial charge in [-0.15, -0.1) is 0 Å². The van der Waals surface area contributed by atoms with E-state index in [-0.39, 0.29) is 5.82 Å². The molecule has 1 aromatic carbocycles. The molecule has 0 radical (unpaired) electrons. The van der Waals surface area contributed by atoms with Crippen LogP contribution in [0.15, 0.2) is 36.5 Å². The van der Waals surface area contributed by atoms with Crippen LogP contribution in [0.2, 0.25) is 0 Å². The maximum Gasteiger partial charge on any atom is 0.141 e. The van der Waals surface area contributed by atoms with Crippen LogP contribution in [0.3, 0.4) is 0 Å². The van der Waals surface area contributed by atoms with Crippen molar-refractivity contribution < 1.29 is 8.78 Å². The number of benzene rings is 1. The number of pyridine rings is 1. The molecule has 1 heterocycles. The average molecular weight is 262 g/mol. The first-order valence-corrected chi connectivity index (χ1v) is 6.15. The van der Waals surface area contributed by atoms with Gasteiger partial charge >= 0.3 is 0 Å². The second-order valence-electron chi connectivity index (χ2n) is 4.67. The number of nitrogens with zero attached hydrogens (tertiary/aromatic N) is 1. The Balaban J connectivity index is 2.59. The van der Waals surface area contributed by atoms with Gasteiger partial charge in [0, 0.05) is 5.56 Å². The van der Waals surface area contributed by atoms with Gasteiger partial charge in [-0.2, -0.15) is 0 Å². The molecule has 2 N–H and O–H groups in total. The molecule has 1 unspecified atom stereocenters. The molecule has 1 atom stereocenters. The predicted octanol–water partition coefficient (Wildman–Crippen LogP) is 3.28. The first kappa shape index (κ1) is 13.6. The monoisotopic (exact) mass is 262 g/mol. The zero-order chi connectivity index (χ0) is 14.0. The molecule has 2 nitrogen and oxygen atoms in total. The number of aryl methyl sites for hydroxylation is 1. The number of aromatic nitrogens is 1. The van der Waals surface area contributed by atoms with Crippen molar-refractivity contribution >= 4 is 0 Å². The molecule has 0 aliphatic rings. The molecule has 19 heavy (non-hydrogen) atoms. The third-order valence-electron chi connectivity index (χ3n) is 3.34. The lowest BCUT2D eigenvalue weighted by molar-refractivity contribution is 0.465. The Morgan fingerprint density at radius 1 is 1.21 bits per heavy atom. The Morgan fingerprint density at radius 3 is 2.53 bits per heavy atom. The molecule has 0 fully saturated rings. The number of rotatable bonds is 3. The zero-order valence-corrected chi connectivity index (χ0v) is 11.0. The van der Waals surface area contributed by atoms with Crippen LogP contribution in [0.4, 0.5) is 8.78 Å². The molecule has 2 aromatic rings. The van der Waals surface area contributed by atoms with Gasteiger partial charge in [0.1, 0.15) is 11.6 Å². The highest BCUT2D eigenvalue weighted by Gasteiger charge is 2.32. The SMILES string of the molecule is CCC(N)(c1ccc(F)cn1)c1cc(C)ccc1F. The van der Waals surface area contributed by atoms with E-state index in [4.69, 9.17) is 5.73 Å². The summed E-state index contributed by atoms with van der Waals surface area (Å²) >= 11 is 0. The van der Waals surface area contributed by atoms with Crippen molar-refractivity contribution in [3.63, 3.8) is 0 Å². The first-order valence-electron chi connectivity index (χ1n) is 6.15. The van der Waals surface area contributed by atoms with Gasteiger partial charge < -0.3 is 5.73 Å². The highest BCUT2D eigenvalue weighted by molar-refractivity contribution is 5.37. The van der Waals surface area contributed by atoms with E-state index in [2.05, 4.69) is 4.98 Å². The molecule has 0 amide bonds. The number of hydrogen-bond donors (Lipinski definition) is 1. The van der Waals surface area contributed by atoms with Crippen LogP contribution in [0.1, 0.15) is 30.2 Å². The smallest absolute Gasteiger partial charge is 0.141 e. The van der Waals surface area contributed by atoms with E-state index < -0.39 is 11.4 Å². The van der Waals surface area contributed by atoms with Crippen LogP contribution in [-0.4, -0.2) is 4.98 Å². The van der Waals surface area contributed by atoms with Crippen LogP contribution < -0.4 is 5.73 Å². The number of nitrogens with two attached hydrogens (primary N) is 1. The number of hydrogen-bond acceptors (Lipinski definition) is 2. The topological polar surface area (TPSA) is 38.9 Å². The van der Waals surface area contributed by atoms with Crippen molar-refractivity contribution in [1.29, 1.82) is 0 Å². The van der Waals surface area contributed by atoms with Crippen molar-refractivity contribution in [2.45, 2.75) is 25.8 Å². The summed E-state index contributed by atoms with van der Waals surface area (Å²) in [5, 5.41) is 0. The van der Waals surface area contributed by atoms with Crippen molar-refractivity contribution in [1.82, 2.24) is 4.98 Å². The molecule has 0 aliphatic heterocycles. The van der Waals surface area contributed by atoms with E-state index in [1.165, 1.54) is 18.2 Å². The van der Waals surface area contributed by atoms with Gasteiger partial charge in [0.25, 0.3) is 0 Å². The average Bonchev–Trinajstić information content (AvgIpc) is 2.41. The van der Waals surface area contributed by atoms with Crippen LogP contribution in [0.25, 0.3) is 0 Å². The summed E-state index contributed by atoms with van der Waals surface area (Å²) < 4.78 is 27.0. The molecular weight excluding hydrogens is 246 g/mol. The van der Waals surface area contributed by atoms with E-state index in [0.29, 0.717) is 17.7 Å². The standard InChI is InChI=1S/C15H16F2N2/c1-3-15(18,14-7-5-11(16)9-19-14)12-8-10(2)4-6-13(12)17/h4-9H,3,18H2,1-2H3. The largest absolute Gasteiger partial charge is 0.316 e. The highest BCUT2D eigenvalue weighted by Crippen LogP contribution is 2.31. The van der Waals surface area contributed by atoms with Gasteiger partial charge in [0.05, 0.1) is 17.4 Å². The maximum atomic E-state index is 14.0. The minimum atomic E-state index is -1.05. The second-order valence-corrected chi connectivity index (χ2v) is 4.67. The van der Waals surface area contributed by atoms with Crippen molar-refractivity contribution in [3.05, 3.63) is 65.0 Å². The summed E-state index contributed by atoms with van der Waals surface area (Å²) in [6.45, 7) is 3.73. The summed E-state index contributed by atoms with van der Waals surface area (Å²) in [5.41, 5.74) is 7.04. The quantitative estimate of drug-likeness (QED) is 0.922. The third kappa shape index (κ3) is 2.49. The van der Waals surface area contributed by atoms with E-state index in [1.54, 1.807) is 12.1 Å². The van der Waals surface area contributed by atoms with Gasteiger partial charge in [-0.1, -0.05) is 24.6 Å². The maximum absolute atomic E-state index is 14.0. The first-order chi connectivity index (χ1) is 8.97. The summed E-state index contributed by atoms with van der Waals surface area (Å²) in [5.74, 6) is -0.812. The molecule has 0 saturated carbocycles. The minimum Gasteiger partial charge on any atom is -0.316 e. The summed E-state index contributed by atoms with van der Waals surface area (Å²) in [7, 11) is 0. The van der Waals surface area contributed by atoms with Gasteiger partial charge in [0.15, 0.2) is 0 Å². The fourth-order valence-electron chi connectivity index (χ4n) is 2.13. The molecule has 2 rings (SSSR count). The summed E-state index contributed by atoms with van der Waals surface area (Å²) in [4.78, 5) is 4.00. The predicted molar refractivity (Wildman–Crippen MR) is 70.6 cm³/mol. The lowest BCUT2D eigenvalue weighted by atomic mass is 9.83. The van der Waals surface area contributed by atoms with E-state index in [0.717, 1.165) is 11.8 Å². The second kappa shape index (κ2) is 5.05. The Labute approximate surface area is 111 Å². The van der Waals surface area contributed by atoms with Crippen LogP contribution in [0.5, 0.6) is 0 Å².